The molecule has 1 N–H and O–H groups in total. The Bertz CT molecular complexity index is 493. The molecule has 0 amide bonds. The minimum absolute atomic E-state index is 0.0138. The summed E-state index contributed by atoms with van der Waals surface area (Å²) in [7, 11) is 0. The molecule has 0 bridgehead atoms. The molecule has 20 heavy (non-hydrogen) atoms. The van der Waals surface area contributed by atoms with Crippen LogP contribution in [0.5, 0.6) is 0 Å². The van der Waals surface area contributed by atoms with Crippen LogP contribution in [-0.2, 0) is 6.54 Å². The van der Waals surface area contributed by atoms with Crippen LogP contribution in [0, 0.1) is 15.5 Å². The van der Waals surface area contributed by atoms with Gasteiger partial charge in [0.05, 0.1) is 9.40 Å². The molecular weight excluding hydrogens is 320 g/mol. The number of benzene rings is 1. The van der Waals surface area contributed by atoms with Gasteiger partial charge >= 0.3 is 0 Å². The SMILES string of the molecule is CC(C)(C)CC(C)(C)NCc1ccc(Br)c([N+](=O)[O-])c1. The third-order valence-electron chi connectivity index (χ3n) is 2.95. The first-order chi connectivity index (χ1) is 9.00. The summed E-state index contributed by atoms with van der Waals surface area (Å²) in [6.07, 6.45) is 1.03. The molecule has 0 saturated heterocycles. The quantitative estimate of drug-likeness (QED) is 0.625. The van der Waals surface area contributed by atoms with Crippen molar-refractivity contribution >= 4 is 21.6 Å². The standard InChI is InChI=1S/C15H23BrN2O2/c1-14(2,3)10-15(4,5)17-9-11-6-7-12(16)13(8-11)18(19)20/h6-8,17H,9-10H2,1-5H3. The van der Waals surface area contributed by atoms with Crippen molar-refractivity contribution in [1.82, 2.24) is 5.32 Å². The van der Waals surface area contributed by atoms with E-state index in [1.54, 1.807) is 12.1 Å². The third-order valence-corrected chi connectivity index (χ3v) is 3.62. The van der Waals surface area contributed by atoms with Crippen molar-refractivity contribution in [2.24, 2.45) is 5.41 Å². The highest BCUT2D eigenvalue weighted by Crippen LogP contribution is 2.28. The monoisotopic (exact) mass is 342 g/mol. The molecule has 0 fully saturated rings. The van der Waals surface area contributed by atoms with E-state index in [1.807, 2.05) is 6.07 Å². The Morgan fingerprint density at radius 2 is 1.85 bits per heavy atom. The van der Waals surface area contributed by atoms with Gasteiger partial charge in [-0.25, -0.2) is 0 Å². The van der Waals surface area contributed by atoms with Gasteiger partial charge in [-0.2, -0.15) is 0 Å². The molecule has 0 unspecified atom stereocenters. The van der Waals surface area contributed by atoms with Gasteiger partial charge in [0.1, 0.15) is 0 Å². The number of nitro groups is 1. The molecule has 0 saturated carbocycles. The molecule has 0 heterocycles. The highest BCUT2D eigenvalue weighted by molar-refractivity contribution is 9.10. The number of nitrogens with zero attached hydrogens (tertiary/aromatic N) is 1. The Balaban J connectivity index is 2.75. The van der Waals surface area contributed by atoms with Crippen LogP contribution < -0.4 is 5.32 Å². The van der Waals surface area contributed by atoms with Gasteiger partial charge in [0.15, 0.2) is 0 Å². The molecule has 0 radical (unpaired) electrons. The van der Waals surface area contributed by atoms with Gasteiger partial charge < -0.3 is 5.32 Å². The fourth-order valence-corrected chi connectivity index (χ4v) is 2.93. The van der Waals surface area contributed by atoms with Gasteiger partial charge in [0.25, 0.3) is 5.69 Å². The molecule has 112 valence electrons. The van der Waals surface area contributed by atoms with Gasteiger partial charge in [0.2, 0.25) is 0 Å². The van der Waals surface area contributed by atoms with Crippen LogP contribution in [0.15, 0.2) is 22.7 Å². The summed E-state index contributed by atoms with van der Waals surface area (Å²) in [6, 6.07) is 5.24. The van der Waals surface area contributed by atoms with Gasteiger partial charge in [-0.15, -0.1) is 0 Å². The number of nitro benzene ring substituents is 1. The van der Waals surface area contributed by atoms with Crippen LogP contribution in [0.1, 0.15) is 46.6 Å². The van der Waals surface area contributed by atoms with E-state index >= 15 is 0 Å². The van der Waals surface area contributed by atoms with E-state index in [1.165, 1.54) is 0 Å². The second kappa shape index (κ2) is 6.22. The molecule has 0 atom stereocenters. The summed E-state index contributed by atoms with van der Waals surface area (Å²) < 4.78 is 0.514. The lowest BCUT2D eigenvalue weighted by molar-refractivity contribution is -0.385. The molecule has 0 spiro atoms. The highest BCUT2D eigenvalue weighted by atomic mass is 79.9. The molecule has 1 aromatic rings. The van der Waals surface area contributed by atoms with Crippen LogP contribution in [-0.4, -0.2) is 10.5 Å². The Morgan fingerprint density at radius 1 is 1.25 bits per heavy atom. The summed E-state index contributed by atoms with van der Waals surface area (Å²) in [4.78, 5) is 10.6. The Hall–Kier alpha value is -0.940. The molecule has 0 aromatic heterocycles. The lowest BCUT2D eigenvalue weighted by Gasteiger charge is -2.33. The zero-order valence-electron chi connectivity index (χ0n) is 12.8. The van der Waals surface area contributed by atoms with E-state index in [0.717, 1.165) is 12.0 Å². The van der Waals surface area contributed by atoms with E-state index in [9.17, 15) is 10.1 Å². The van der Waals surface area contributed by atoms with Crippen molar-refractivity contribution in [1.29, 1.82) is 0 Å². The summed E-state index contributed by atoms with van der Waals surface area (Å²) in [5.74, 6) is 0. The Labute approximate surface area is 129 Å². The summed E-state index contributed by atoms with van der Waals surface area (Å²) >= 11 is 3.20. The molecule has 0 aliphatic carbocycles. The first kappa shape index (κ1) is 17.1. The lowest BCUT2D eigenvalue weighted by atomic mass is 9.82. The molecule has 1 rings (SSSR count). The minimum atomic E-state index is -0.367. The number of rotatable bonds is 5. The highest BCUT2D eigenvalue weighted by Gasteiger charge is 2.25. The summed E-state index contributed by atoms with van der Waals surface area (Å²) in [5, 5.41) is 14.4. The number of hydrogen-bond donors (Lipinski definition) is 1. The second-order valence-electron chi connectivity index (χ2n) is 7.02. The lowest BCUT2D eigenvalue weighted by Crippen LogP contribution is -2.41. The van der Waals surface area contributed by atoms with E-state index in [4.69, 9.17) is 0 Å². The van der Waals surface area contributed by atoms with Crippen molar-refractivity contribution in [3.63, 3.8) is 0 Å². The topological polar surface area (TPSA) is 55.2 Å². The van der Waals surface area contributed by atoms with Crippen molar-refractivity contribution < 1.29 is 4.92 Å². The number of hydrogen-bond acceptors (Lipinski definition) is 3. The van der Waals surface area contributed by atoms with Crippen molar-refractivity contribution in [3.8, 4) is 0 Å². The number of nitrogens with one attached hydrogen (secondary N) is 1. The van der Waals surface area contributed by atoms with Crippen LogP contribution in [0.3, 0.4) is 0 Å². The van der Waals surface area contributed by atoms with Gasteiger partial charge in [-0.3, -0.25) is 10.1 Å². The van der Waals surface area contributed by atoms with Crippen LogP contribution in [0.2, 0.25) is 0 Å². The smallest absolute Gasteiger partial charge is 0.283 e. The predicted octanol–water partition coefficient (Wildman–Crippen LogP) is 4.66. The molecule has 0 aliphatic heterocycles. The maximum absolute atomic E-state index is 10.9. The zero-order chi connectivity index (χ0) is 15.6. The molecule has 0 aliphatic rings. The largest absolute Gasteiger partial charge is 0.308 e. The van der Waals surface area contributed by atoms with E-state index in [2.05, 4.69) is 55.9 Å². The molecule has 1 aromatic carbocycles. The molecular formula is C15H23BrN2O2. The van der Waals surface area contributed by atoms with Gasteiger partial charge in [-0.05, 0) is 53.2 Å². The van der Waals surface area contributed by atoms with Crippen molar-refractivity contribution in [3.05, 3.63) is 38.3 Å². The fourth-order valence-electron chi connectivity index (χ4n) is 2.54. The molecule has 5 heteroatoms. The van der Waals surface area contributed by atoms with Crippen LogP contribution in [0.25, 0.3) is 0 Å². The third kappa shape index (κ3) is 5.59. The van der Waals surface area contributed by atoms with E-state index in [0.29, 0.717) is 11.0 Å². The maximum atomic E-state index is 10.9. The van der Waals surface area contributed by atoms with Crippen molar-refractivity contribution in [2.45, 2.75) is 53.1 Å². The predicted molar refractivity (Wildman–Crippen MR) is 85.8 cm³/mol. The van der Waals surface area contributed by atoms with Crippen LogP contribution in [0.4, 0.5) is 5.69 Å². The second-order valence-corrected chi connectivity index (χ2v) is 7.87. The normalized spacial score (nSPS) is 12.5. The summed E-state index contributed by atoms with van der Waals surface area (Å²) in [5.41, 5.74) is 1.25. The first-order valence-electron chi connectivity index (χ1n) is 6.68. The Morgan fingerprint density at radius 3 is 2.35 bits per heavy atom. The molecule has 4 nitrogen and oxygen atoms in total. The van der Waals surface area contributed by atoms with Crippen LogP contribution >= 0.6 is 15.9 Å². The van der Waals surface area contributed by atoms with Crippen molar-refractivity contribution in [2.75, 3.05) is 0 Å². The number of halogens is 1. The minimum Gasteiger partial charge on any atom is -0.308 e. The zero-order valence-corrected chi connectivity index (χ0v) is 14.4. The van der Waals surface area contributed by atoms with E-state index < -0.39 is 0 Å². The first-order valence-corrected chi connectivity index (χ1v) is 7.47. The average molecular weight is 343 g/mol. The van der Waals surface area contributed by atoms with Gasteiger partial charge in [0, 0.05) is 18.2 Å². The van der Waals surface area contributed by atoms with Gasteiger partial charge in [-0.1, -0.05) is 26.8 Å². The summed E-state index contributed by atoms with van der Waals surface area (Å²) in [6.45, 7) is 11.6. The average Bonchev–Trinajstić information content (AvgIpc) is 2.24. The maximum Gasteiger partial charge on any atom is 0.283 e. The van der Waals surface area contributed by atoms with E-state index in [-0.39, 0.29) is 21.6 Å². The fraction of sp³-hybridized carbons (Fsp3) is 0.600. The Kier molecular flexibility index (Phi) is 5.33.